The van der Waals surface area contributed by atoms with Crippen molar-refractivity contribution in [2.24, 2.45) is 0 Å². The smallest absolute Gasteiger partial charge is 0.293 e. The summed E-state index contributed by atoms with van der Waals surface area (Å²) < 4.78 is 12.2. The number of rotatable bonds is 9. The van der Waals surface area contributed by atoms with E-state index in [2.05, 4.69) is 26.0 Å². The SMILES string of the molecule is Cc1ccc(C(C)C)c(OCCN2C(=O)S/C(=C\c3c(OCc4ccccc4)ccc4ccccc34)C2=O)c1. The van der Waals surface area contributed by atoms with Crippen molar-refractivity contribution in [2.75, 3.05) is 13.2 Å². The molecule has 0 spiro atoms. The number of aryl methyl sites for hydroxylation is 1. The van der Waals surface area contributed by atoms with Crippen LogP contribution in [0.1, 0.15) is 42.0 Å². The van der Waals surface area contributed by atoms with E-state index in [1.807, 2.05) is 79.7 Å². The van der Waals surface area contributed by atoms with Crippen molar-refractivity contribution in [3.8, 4) is 11.5 Å². The molecule has 1 aliphatic rings. The van der Waals surface area contributed by atoms with Crippen LogP contribution in [0.5, 0.6) is 11.5 Å². The van der Waals surface area contributed by atoms with Crippen LogP contribution in [0.3, 0.4) is 0 Å². The lowest BCUT2D eigenvalue weighted by molar-refractivity contribution is -0.123. The zero-order chi connectivity index (χ0) is 27.4. The van der Waals surface area contributed by atoms with Crippen LogP contribution in [0, 0.1) is 6.92 Å². The second kappa shape index (κ2) is 11.8. The van der Waals surface area contributed by atoms with Crippen LogP contribution >= 0.6 is 11.8 Å². The van der Waals surface area contributed by atoms with Crippen LogP contribution in [0.2, 0.25) is 0 Å². The summed E-state index contributed by atoms with van der Waals surface area (Å²) in [6, 6.07) is 28.0. The lowest BCUT2D eigenvalue weighted by Crippen LogP contribution is -2.32. The molecule has 4 aromatic rings. The van der Waals surface area contributed by atoms with E-state index in [0.717, 1.165) is 50.5 Å². The van der Waals surface area contributed by atoms with Gasteiger partial charge in [-0.05, 0) is 70.3 Å². The van der Waals surface area contributed by atoms with Crippen LogP contribution in [0.25, 0.3) is 16.8 Å². The third-order valence-corrected chi connectivity index (χ3v) is 7.59. The van der Waals surface area contributed by atoms with Gasteiger partial charge in [-0.25, -0.2) is 0 Å². The summed E-state index contributed by atoms with van der Waals surface area (Å²) in [5, 5.41) is 1.69. The molecule has 1 heterocycles. The Balaban J connectivity index is 1.36. The highest BCUT2D eigenvalue weighted by Crippen LogP contribution is 2.37. The predicted octanol–water partition coefficient (Wildman–Crippen LogP) is 7.97. The van der Waals surface area contributed by atoms with Crippen LogP contribution in [-0.4, -0.2) is 29.2 Å². The van der Waals surface area contributed by atoms with Crippen molar-refractivity contribution >= 4 is 39.8 Å². The lowest BCUT2D eigenvalue weighted by Gasteiger charge is -2.17. The fourth-order valence-corrected chi connectivity index (χ4v) is 5.45. The first-order valence-corrected chi connectivity index (χ1v) is 13.9. The number of nitrogens with zero attached hydrogens (tertiary/aromatic N) is 1. The normalized spacial score (nSPS) is 14.6. The lowest BCUT2D eigenvalue weighted by atomic mass is 10.0. The van der Waals surface area contributed by atoms with Gasteiger partial charge in [0.1, 0.15) is 24.7 Å². The third kappa shape index (κ3) is 6.02. The van der Waals surface area contributed by atoms with E-state index in [1.54, 1.807) is 6.08 Å². The van der Waals surface area contributed by atoms with Gasteiger partial charge in [-0.1, -0.05) is 86.6 Å². The molecule has 39 heavy (non-hydrogen) atoms. The second-order valence-electron chi connectivity index (χ2n) is 9.85. The van der Waals surface area contributed by atoms with Crippen LogP contribution < -0.4 is 9.47 Å². The maximum Gasteiger partial charge on any atom is 0.293 e. The molecule has 4 aromatic carbocycles. The molecule has 0 atom stereocenters. The molecule has 2 amide bonds. The molecule has 0 saturated carbocycles. The monoisotopic (exact) mass is 537 g/mol. The molecule has 5 rings (SSSR count). The van der Waals surface area contributed by atoms with Gasteiger partial charge in [0, 0.05) is 5.56 Å². The standard InChI is InChI=1S/C33H31NO4S/c1-22(2)26-15-13-23(3)19-30(26)37-18-17-34-32(35)31(39-33(34)36)20-28-27-12-8-7-11-25(27)14-16-29(28)38-21-24-9-5-4-6-10-24/h4-16,19-20,22H,17-18,21H2,1-3H3/b31-20-. The first-order chi connectivity index (χ1) is 18.9. The second-order valence-corrected chi connectivity index (χ2v) is 10.8. The summed E-state index contributed by atoms with van der Waals surface area (Å²) in [6.45, 7) is 7.06. The largest absolute Gasteiger partial charge is 0.491 e. The molecule has 0 N–H and O–H groups in total. The van der Waals surface area contributed by atoms with Crippen molar-refractivity contribution in [3.05, 3.63) is 112 Å². The molecule has 6 heteroatoms. The minimum atomic E-state index is -0.316. The van der Waals surface area contributed by atoms with E-state index in [1.165, 1.54) is 4.90 Å². The van der Waals surface area contributed by atoms with Crippen LogP contribution in [-0.2, 0) is 11.4 Å². The van der Waals surface area contributed by atoms with Crippen molar-refractivity contribution in [3.63, 3.8) is 0 Å². The Bertz CT molecular complexity index is 1540. The Hall–Kier alpha value is -4.03. The van der Waals surface area contributed by atoms with Crippen molar-refractivity contribution in [1.82, 2.24) is 4.90 Å². The molecular formula is C33H31NO4S. The van der Waals surface area contributed by atoms with Gasteiger partial charge in [0.15, 0.2) is 0 Å². The van der Waals surface area contributed by atoms with E-state index in [-0.39, 0.29) is 24.3 Å². The van der Waals surface area contributed by atoms with Gasteiger partial charge >= 0.3 is 0 Å². The zero-order valence-electron chi connectivity index (χ0n) is 22.3. The van der Waals surface area contributed by atoms with Gasteiger partial charge in [0.2, 0.25) is 0 Å². The Kier molecular flexibility index (Phi) is 8.03. The Morgan fingerprint density at radius 2 is 1.64 bits per heavy atom. The highest BCUT2D eigenvalue weighted by Gasteiger charge is 2.35. The van der Waals surface area contributed by atoms with Gasteiger partial charge in [-0.3, -0.25) is 14.5 Å². The maximum absolute atomic E-state index is 13.3. The average Bonchev–Trinajstić information content (AvgIpc) is 3.20. The summed E-state index contributed by atoms with van der Waals surface area (Å²) >= 11 is 0.953. The molecule has 0 aromatic heterocycles. The van der Waals surface area contributed by atoms with E-state index in [9.17, 15) is 9.59 Å². The number of ether oxygens (including phenoxy) is 2. The van der Waals surface area contributed by atoms with E-state index < -0.39 is 0 Å². The molecule has 5 nitrogen and oxygen atoms in total. The van der Waals surface area contributed by atoms with Crippen molar-refractivity contribution in [1.29, 1.82) is 0 Å². The summed E-state index contributed by atoms with van der Waals surface area (Å²) in [6.07, 6.45) is 1.78. The molecule has 1 aliphatic heterocycles. The average molecular weight is 538 g/mol. The molecule has 0 unspecified atom stereocenters. The fourth-order valence-electron chi connectivity index (χ4n) is 4.60. The Labute approximate surface area is 233 Å². The topological polar surface area (TPSA) is 55.8 Å². The van der Waals surface area contributed by atoms with Crippen LogP contribution in [0.4, 0.5) is 4.79 Å². The number of carbonyl (C=O) groups is 2. The van der Waals surface area contributed by atoms with Gasteiger partial charge in [0.05, 0.1) is 11.4 Å². The van der Waals surface area contributed by atoms with Crippen molar-refractivity contribution < 1.29 is 19.1 Å². The number of thioether (sulfide) groups is 1. The summed E-state index contributed by atoms with van der Waals surface area (Å²) in [5.41, 5.74) is 4.04. The number of benzene rings is 4. The minimum Gasteiger partial charge on any atom is -0.491 e. The molecule has 0 radical (unpaired) electrons. The number of fused-ring (bicyclic) bond motifs is 1. The molecule has 198 valence electrons. The number of imide groups is 1. The molecular weight excluding hydrogens is 506 g/mol. The van der Waals surface area contributed by atoms with Gasteiger partial charge < -0.3 is 9.47 Å². The summed E-state index contributed by atoms with van der Waals surface area (Å²) in [5.74, 6) is 1.44. The fraction of sp³-hybridized carbons (Fsp3) is 0.212. The highest BCUT2D eigenvalue weighted by atomic mass is 32.2. The first-order valence-electron chi connectivity index (χ1n) is 13.1. The molecule has 0 aliphatic carbocycles. The molecule has 1 saturated heterocycles. The number of hydrogen-bond donors (Lipinski definition) is 0. The van der Waals surface area contributed by atoms with Gasteiger partial charge in [-0.15, -0.1) is 0 Å². The maximum atomic E-state index is 13.3. The summed E-state index contributed by atoms with van der Waals surface area (Å²) in [7, 11) is 0. The van der Waals surface area contributed by atoms with E-state index in [0.29, 0.717) is 23.2 Å². The van der Waals surface area contributed by atoms with E-state index >= 15 is 0 Å². The number of hydrogen-bond acceptors (Lipinski definition) is 5. The predicted molar refractivity (Wildman–Crippen MR) is 158 cm³/mol. The van der Waals surface area contributed by atoms with Crippen molar-refractivity contribution in [2.45, 2.75) is 33.3 Å². The van der Waals surface area contributed by atoms with Crippen LogP contribution in [0.15, 0.2) is 89.8 Å². The molecule has 0 bridgehead atoms. The zero-order valence-corrected chi connectivity index (χ0v) is 23.2. The van der Waals surface area contributed by atoms with E-state index in [4.69, 9.17) is 9.47 Å². The Morgan fingerprint density at radius 3 is 2.44 bits per heavy atom. The highest BCUT2D eigenvalue weighted by molar-refractivity contribution is 8.18. The minimum absolute atomic E-state index is 0.181. The quantitative estimate of drug-likeness (QED) is 0.203. The number of amides is 2. The van der Waals surface area contributed by atoms with Gasteiger partial charge in [0.25, 0.3) is 11.1 Å². The number of carbonyl (C=O) groups excluding carboxylic acids is 2. The summed E-state index contributed by atoms with van der Waals surface area (Å²) in [4.78, 5) is 27.8. The molecule has 1 fully saturated rings. The Morgan fingerprint density at radius 1 is 0.872 bits per heavy atom. The first kappa shape index (κ1) is 26.6. The van der Waals surface area contributed by atoms with Gasteiger partial charge in [-0.2, -0.15) is 0 Å². The third-order valence-electron chi connectivity index (χ3n) is 6.68.